The van der Waals surface area contributed by atoms with Gasteiger partial charge >= 0.3 is 0 Å². The number of hydrogen-bond acceptors (Lipinski definition) is 0. The number of unbranched alkanes of at least 4 members (excludes halogenated alkanes) is 2. The van der Waals surface area contributed by atoms with Crippen molar-refractivity contribution in [2.75, 3.05) is 5.33 Å². The minimum atomic E-state index is 0.781. The molecule has 3 heteroatoms. The van der Waals surface area contributed by atoms with E-state index >= 15 is 0 Å². The van der Waals surface area contributed by atoms with E-state index in [-0.39, 0.29) is 0 Å². The van der Waals surface area contributed by atoms with Crippen molar-refractivity contribution in [3.05, 3.63) is 59.6 Å². The van der Waals surface area contributed by atoms with Crippen molar-refractivity contribution < 1.29 is 0 Å². The molecule has 22 heavy (non-hydrogen) atoms. The average Bonchev–Trinajstić information content (AvgIpc) is 2.91. The summed E-state index contributed by atoms with van der Waals surface area (Å²) < 4.78 is 2.44. The van der Waals surface area contributed by atoms with Gasteiger partial charge in [-0.1, -0.05) is 64.3 Å². The molecule has 1 heterocycles. The highest BCUT2D eigenvalue weighted by molar-refractivity contribution is 9.09. The summed E-state index contributed by atoms with van der Waals surface area (Å²) >= 11 is 9.53. The molecule has 1 nitrogen and oxygen atoms in total. The smallest absolute Gasteiger partial charge is 0.0491 e. The first-order valence-corrected chi connectivity index (χ1v) is 9.20. The molecule has 0 atom stereocenters. The minimum absolute atomic E-state index is 0.781. The summed E-state index contributed by atoms with van der Waals surface area (Å²) in [6.45, 7) is 1.05. The lowest BCUT2D eigenvalue weighted by Crippen LogP contribution is -2.00. The van der Waals surface area contributed by atoms with Crippen LogP contribution >= 0.6 is 27.5 Å². The van der Waals surface area contributed by atoms with Gasteiger partial charge in [0.15, 0.2) is 0 Å². The number of aryl methyl sites for hydroxylation is 1. The van der Waals surface area contributed by atoms with E-state index in [1.165, 1.54) is 41.4 Å². The lowest BCUT2D eigenvalue weighted by atomic mass is 10.1. The molecule has 0 aliphatic rings. The van der Waals surface area contributed by atoms with Gasteiger partial charge in [0.25, 0.3) is 0 Å². The van der Waals surface area contributed by atoms with Crippen LogP contribution in [0.3, 0.4) is 0 Å². The second-order valence-corrected chi connectivity index (χ2v) is 6.73. The van der Waals surface area contributed by atoms with Crippen LogP contribution in [0.25, 0.3) is 22.2 Å². The number of alkyl halides is 1. The Morgan fingerprint density at radius 3 is 2.45 bits per heavy atom. The van der Waals surface area contributed by atoms with Gasteiger partial charge in [0.2, 0.25) is 0 Å². The van der Waals surface area contributed by atoms with Crippen LogP contribution in [0.2, 0.25) is 5.02 Å². The predicted molar refractivity (Wildman–Crippen MR) is 100 cm³/mol. The Bertz CT molecular complexity index is 746. The Morgan fingerprint density at radius 2 is 1.68 bits per heavy atom. The molecule has 0 aliphatic carbocycles. The van der Waals surface area contributed by atoms with Crippen LogP contribution in [0.4, 0.5) is 0 Å². The number of hydrogen-bond donors (Lipinski definition) is 0. The molecule has 3 rings (SSSR count). The first kappa shape index (κ1) is 15.6. The highest BCUT2D eigenvalue weighted by atomic mass is 79.9. The maximum Gasteiger partial charge on any atom is 0.0491 e. The molecule has 0 spiro atoms. The van der Waals surface area contributed by atoms with Gasteiger partial charge in [0.1, 0.15) is 0 Å². The Morgan fingerprint density at radius 1 is 0.909 bits per heavy atom. The van der Waals surface area contributed by atoms with Crippen LogP contribution < -0.4 is 0 Å². The third kappa shape index (κ3) is 3.39. The van der Waals surface area contributed by atoms with E-state index < -0.39 is 0 Å². The van der Waals surface area contributed by atoms with E-state index in [1.54, 1.807) is 0 Å². The van der Waals surface area contributed by atoms with Crippen molar-refractivity contribution >= 4 is 38.4 Å². The molecule has 0 saturated carbocycles. The Labute approximate surface area is 145 Å². The van der Waals surface area contributed by atoms with Crippen LogP contribution in [0.5, 0.6) is 0 Å². The summed E-state index contributed by atoms with van der Waals surface area (Å²) in [6.07, 6.45) is 3.68. The van der Waals surface area contributed by atoms with E-state index in [0.29, 0.717) is 0 Å². The number of rotatable bonds is 6. The highest BCUT2D eigenvalue weighted by Crippen LogP contribution is 2.29. The van der Waals surface area contributed by atoms with Gasteiger partial charge in [0.05, 0.1) is 0 Å². The molecule has 0 saturated heterocycles. The summed E-state index contributed by atoms with van der Waals surface area (Å²) in [5.74, 6) is 0. The molecule has 0 aliphatic heterocycles. The second-order valence-electron chi connectivity index (χ2n) is 5.50. The fourth-order valence-corrected chi connectivity index (χ4v) is 3.37. The van der Waals surface area contributed by atoms with Crippen molar-refractivity contribution in [2.24, 2.45) is 0 Å². The molecular formula is C19H19BrClN. The third-order valence-electron chi connectivity index (χ3n) is 3.97. The van der Waals surface area contributed by atoms with Crippen molar-refractivity contribution in [3.8, 4) is 11.3 Å². The average molecular weight is 377 g/mol. The first-order chi connectivity index (χ1) is 10.8. The van der Waals surface area contributed by atoms with E-state index in [0.717, 1.165) is 16.9 Å². The lowest BCUT2D eigenvalue weighted by Gasteiger charge is -2.11. The zero-order valence-electron chi connectivity index (χ0n) is 12.4. The number of nitrogens with zero attached hydrogens (tertiary/aromatic N) is 1. The van der Waals surface area contributed by atoms with Crippen LogP contribution in [0.15, 0.2) is 54.6 Å². The van der Waals surface area contributed by atoms with Crippen molar-refractivity contribution in [1.29, 1.82) is 0 Å². The third-order valence-corrected chi connectivity index (χ3v) is 4.78. The quantitative estimate of drug-likeness (QED) is 0.340. The SMILES string of the molecule is Clc1ccc(-c2cc3ccccc3n2CCCCCBr)cc1. The van der Waals surface area contributed by atoms with Crippen LogP contribution in [0, 0.1) is 0 Å². The van der Waals surface area contributed by atoms with E-state index in [1.807, 2.05) is 12.1 Å². The molecule has 3 aromatic rings. The molecular weight excluding hydrogens is 358 g/mol. The standard InChI is InChI=1S/C19H19BrClN/c20-12-4-1-5-13-22-18-7-3-2-6-16(18)14-19(22)15-8-10-17(21)11-9-15/h2-3,6-11,14H,1,4-5,12-13H2. The van der Waals surface area contributed by atoms with E-state index in [2.05, 4.69) is 63.0 Å². The monoisotopic (exact) mass is 375 g/mol. The van der Waals surface area contributed by atoms with Crippen LogP contribution in [0.1, 0.15) is 19.3 Å². The van der Waals surface area contributed by atoms with Crippen molar-refractivity contribution in [2.45, 2.75) is 25.8 Å². The molecule has 2 aromatic carbocycles. The molecule has 0 radical (unpaired) electrons. The van der Waals surface area contributed by atoms with Gasteiger partial charge in [-0.15, -0.1) is 0 Å². The van der Waals surface area contributed by atoms with Gasteiger partial charge in [-0.2, -0.15) is 0 Å². The molecule has 0 amide bonds. The molecule has 0 bridgehead atoms. The fourth-order valence-electron chi connectivity index (χ4n) is 2.85. The van der Waals surface area contributed by atoms with Crippen LogP contribution in [-0.4, -0.2) is 9.90 Å². The van der Waals surface area contributed by atoms with Crippen LogP contribution in [-0.2, 0) is 6.54 Å². The van der Waals surface area contributed by atoms with Gasteiger partial charge in [0, 0.05) is 33.5 Å². The summed E-state index contributed by atoms with van der Waals surface area (Å²) in [4.78, 5) is 0. The normalized spacial score (nSPS) is 11.2. The maximum absolute atomic E-state index is 6.02. The summed E-state index contributed by atoms with van der Waals surface area (Å²) in [5, 5.41) is 3.17. The first-order valence-electron chi connectivity index (χ1n) is 7.70. The summed E-state index contributed by atoms with van der Waals surface area (Å²) in [5.41, 5.74) is 3.81. The zero-order valence-corrected chi connectivity index (χ0v) is 14.8. The molecule has 0 unspecified atom stereocenters. The van der Waals surface area contributed by atoms with Gasteiger partial charge < -0.3 is 4.57 Å². The molecule has 1 aromatic heterocycles. The Hall–Kier alpha value is -1.25. The van der Waals surface area contributed by atoms with Crippen molar-refractivity contribution in [3.63, 3.8) is 0 Å². The van der Waals surface area contributed by atoms with Crippen molar-refractivity contribution in [1.82, 2.24) is 4.57 Å². The van der Waals surface area contributed by atoms with Gasteiger partial charge in [-0.3, -0.25) is 0 Å². The number of para-hydroxylation sites is 1. The number of aromatic nitrogens is 1. The number of benzene rings is 2. The predicted octanol–water partition coefficient (Wildman–Crippen LogP) is 6.53. The Balaban J connectivity index is 1.98. The summed E-state index contributed by atoms with van der Waals surface area (Å²) in [7, 11) is 0. The largest absolute Gasteiger partial charge is 0.340 e. The zero-order chi connectivity index (χ0) is 15.4. The summed E-state index contributed by atoms with van der Waals surface area (Å²) in [6, 6.07) is 19.0. The lowest BCUT2D eigenvalue weighted by molar-refractivity contribution is 0.623. The molecule has 0 N–H and O–H groups in total. The highest BCUT2D eigenvalue weighted by Gasteiger charge is 2.10. The van der Waals surface area contributed by atoms with Gasteiger partial charge in [-0.05, 0) is 42.7 Å². The molecule has 0 fully saturated rings. The fraction of sp³-hybridized carbons (Fsp3) is 0.263. The maximum atomic E-state index is 6.02. The topological polar surface area (TPSA) is 4.93 Å². The number of halogens is 2. The Kier molecular flexibility index (Phi) is 5.22. The van der Waals surface area contributed by atoms with E-state index in [4.69, 9.17) is 11.6 Å². The van der Waals surface area contributed by atoms with E-state index in [9.17, 15) is 0 Å². The van der Waals surface area contributed by atoms with Gasteiger partial charge in [-0.25, -0.2) is 0 Å². The number of fused-ring (bicyclic) bond motifs is 1. The second kappa shape index (κ2) is 7.34. The molecule has 114 valence electrons. The minimum Gasteiger partial charge on any atom is -0.340 e.